The first-order valence-corrected chi connectivity index (χ1v) is 8.45. The van der Waals surface area contributed by atoms with E-state index in [1.807, 2.05) is 23.1 Å². The molecule has 0 radical (unpaired) electrons. The summed E-state index contributed by atoms with van der Waals surface area (Å²) in [6.07, 6.45) is 6.30. The van der Waals surface area contributed by atoms with Crippen molar-refractivity contribution in [2.24, 2.45) is 0 Å². The molecule has 0 amide bonds. The highest BCUT2D eigenvalue weighted by Crippen LogP contribution is 2.31. The lowest BCUT2D eigenvalue weighted by Crippen LogP contribution is -2.35. The molecule has 1 aliphatic carbocycles. The van der Waals surface area contributed by atoms with E-state index in [0.29, 0.717) is 12.1 Å². The van der Waals surface area contributed by atoms with Crippen molar-refractivity contribution in [1.82, 2.24) is 10.3 Å². The van der Waals surface area contributed by atoms with Crippen molar-refractivity contribution in [3.8, 4) is 0 Å². The van der Waals surface area contributed by atoms with Crippen LogP contribution in [0.25, 0.3) is 0 Å². The van der Waals surface area contributed by atoms with Gasteiger partial charge in [0.25, 0.3) is 0 Å². The van der Waals surface area contributed by atoms with E-state index in [2.05, 4.69) is 37.3 Å². The Kier molecular flexibility index (Phi) is 4.50. The summed E-state index contributed by atoms with van der Waals surface area (Å²) in [6, 6.07) is 1.13. The van der Waals surface area contributed by atoms with Gasteiger partial charge in [0, 0.05) is 22.2 Å². The summed E-state index contributed by atoms with van der Waals surface area (Å²) in [4.78, 5) is 5.93. The lowest BCUT2D eigenvalue weighted by molar-refractivity contribution is 0.470. The smallest absolute Gasteiger partial charge is 0.0900 e. The van der Waals surface area contributed by atoms with Crippen molar-refractivity contribution in [2.75, 3.05) is 6.26 Å². The topological polar surface area (TPSA) is 24.9 Å². The molecule has 0 aliphatic heterocycles. The molecular weight excluding hydrogens is 248 g/mol. The summed E-state index contributed by atoms with van der Waals surface area (Å²) in [5, 5.41) is 5.78. The van der Waals surface area contributed by atoms with Gasteiger partial charge in [0.1, 0.15) is 0 Å². The van der Waals surface area contributed by atoms with Gasteiger partial charge in [-0.3, -0.25) is 0 Å². The summed E-state index contributed by atoms with van der Waals surface area (Å²) in [7, 11) is 0. The Balaban J connectivity index is 2.01. The zero-order valence-electron chi connectivity index (χ0n) is 11.1. The van der Waals surface area contributed by atoms with E-state index in [-0.39, 0.29) is 0 Å². The minimum atomic E-state index is 0.443. The summed E-state index contributed by atoms with van der Waals surface area (Å²) in [5.41, 5.74) is 1.20. The second-order valence-corrected chi connectivity index (χ2v) is 7.19. The van der Waals surface area contributed by atoms with E-state index in [1.165, 1.54) is 34.8 Å². The molecule has 0 saturated heterocycles. The van der Waals surface area contributed by atoms with Crippen molar-refractivity contribution < 1.29 is 0 Å². The first-order chi connectivity index (χ1) is 8.11. The van der Waals surface area contributed by atoms with Gasteiger partial charge in [0.2, 0.25) is 0 Å². The van der Waals surface area contributed by atoms with E-state index in [0.717, 1.165) is 5.25 Å². The second kappa shape index (κ2) is 5.72. The quantitative estimate of drug-likeness (QED) is 0.903. The Bertz CT molecular complexity index is 375. The zero-order valence-corrected chi connectivity index (χ0v) is 12.8. The molecule has 4 heteroatoms. The fraction of sp³-hybridized carbons (Fsp3) is 0.769. The molecule has 0 bridgehead atoms. The number of aromatic nitrogens is 1. The molecule has 0 spiro atoms. The molecule has 2 rings (SSSR count). The van der Waals surface area contributed by atoms with Gasteiger partial charge in [-0.15, -0.1) is 11.3 Å². The van der Waals surface area contributed by atoms with E-state index in [4.69, 9.17) is 0 Å². The van der Waals surface area contributed by atoms with Crippen LogP contribution >= 0.6 is 23.1 Å². The van der Waals surface area contributed by atoms with E-state index in [1.54, 1.807) is 0 Å². The molecule has 3 atom stereocenters. The number of hydrogen-bond donors (Lipinski definition) is 1. The van der Waals surface area contributed by atoms with Gasteiger partial charge in [-0.05, 0) is 39.9 Å². The number of nitrogens with one attached hydrogen (secondary N) is 1. The first kappa shape index (κ1) is 13.4. The maximum Gasteiger partial charge on any atom is 0.0900 e. The molecule has 1 heterocycles. The second-order valence-electron chi connectivity index (χ2n) is 4.88. The Morgan fingerprint density at radius 2 is 2.18 bits per heavy atom. The van der Waals surface area contributed by atoms with Crippen LogP contribution in [0.4, 0.5) is 0 Å². The van der Waals surface area contributed by atoms with Crippen LogP contribution in [0, 0.1) is 13.8 Å². The SMILES string of the molecule is CSC1CCCC1NC(C)c1sc(C)nc1C. The van der Waals surface area contributed by atoms with Crippen molar-refractivity contribution >= 4 is 23.1 Å². The maximum absolute atomic E-state index is 4.52. The highest BCUT2D eigenvalue weighted by atomic mass is 32.2. The fourth-order valence-corrected chi connectivity index (χ4v) is 4.63. The number of thioether (sulfide) groups is 1. The Hall–Kier alpha value is -0.0600. The number of rotatable bonds is 4. The number of nitrogens with zero attached hydrogens (tertiary/aromatic N) is 1. The zero-order chi connectivity index (χ0) is 12.4. The molecule has 96 valence electrons. The van der Waals surface area contributed by atoms with Crippen LogP contribution in [-0.4, -0.2) is 22.5 Å². The Morgan fingerprint density at radius 1 is 1.41 bits per heavy atom. The summed E-state index contributed by atoms with van der Waals surface area (Å²) >= 11 is 3.85. The monoisotopic (exact) mass is 270 g/mol. The molecule has 1 aromatic heterocycles. The molecule has 0 aromatic carbocycles. The highest BCUT2D eigenvalue weighted by Gasteiger charge is 2.28. The van der Waals surface area contributed by atoms with Crippen molar-refractivity contribution in [1.29, 1.82) is 0 Å². The van der Waals surface area contributed by atoms with Gasteiger partial charge in [-0.1, -0.05) is 6.42 Å². The van der Waals surface area contributed by atoms with Gasteiger partial charge >= 0.3 is 0 Å². The maximum atomic E-state index is 4.52. The predicted octanol–water partition coefficient (Wildman–Crippen LogP) is 3.69. The van der Waals surface area contributed by atoms with Gasteiger partial charge in [-0.25, -0.2) is 4.98 Å². The predicted molar refractivity (Wildman–Crippen MR) is 78.1 cm³/mol. The molecule has 1 aliphatic rings. The fourth-order valence-electron chi connectivity index (χ4n) is 2.74. The molecular formula is C13H22N2S2. The number of thiazole rings is 1. The molecule has 1 fully saturated rings. The van der Waals surface area contributed by atoms with Gasteiger partial charge < -0.3 is 5.32 Å². The average Bonchev–Trinajstić information content (AvgIpc) is 2.84. The highest BCUT2D eigenvalue weighted by molar-refractivity contribution is 7.99. The molecule has 1 saturated carbocycles. The van der Waals surface area contributed by atoms with Crippen LogP contribution in [-0.2, 0) is 0 Å². The van der Waals surface area contributed by atoms with Crippen LogP contribution in [0.1, 0.15) is 47.8 Å². The third-order valence-electron chi connectivity index (χ3n) is 3.55. The lowest BCUT2D eigenvalue weighted by Gasteiger charge is -2.23. The minimum absolute atomic E-state index is 0.443. The summed E-state index contributed by atoms with van der Waals surface area (Å²) in [6.45, 7) is 6.49. The molecule has 3 unspecified atom stereocenters. The van der Waals surface area contributed by atoms with Crippen LogP contribution in [0.3, 0.4) is 0 Å². The van der Waals surface area contributed by atoms with Crippen molar-refractivity contribution in [2.45, 2.75) is 57.4 Å². The van der Waals surface area contributed by atoms with Gasteiger partial charge in [0.15, 0.2) is 0 Å². The van der Waals surface area contributed by atoms with Crippen molar-refractivity contribution in [3.05, 3.63) is 15.6 Å². The normalized spacial score (nSPS) is 26.4. The van der Waals surface area contributed by atoms with Crippen LogP contribution in [0.15, 0.2) is 0 Å². The third kappa shape index (κ3) is 3.04. The van der Waals surface area contributed by atoms with E-state index >= 15 is 0 Å². The minimum Gasteiger partial charge on any atom is -0.306 e. The summed E-state index contributed by atoms with van der Waals surface area (Å²) < 4.78 is 0. The largest absolute Gasteiger partial charge is 0.306 e. The number of aryl methyl sites for hydroxylation is 2. The lowest BCUT2D eigenvalue weighted by atomic mass is 10.2. The van der Waals surface area contributed by atoms with E-state index in [9.17, 15) is 0 Å². The number of hydrogen-bond acceptors (Lipinski definition) is 4. The van der Waals surface area contributed by atoms with Crippen LogP contribution < -0.4 is 5.32 Å². The Labute approximate surface area is 113 Å². The van der Waals surface area contributed by atoms with Crippen LogP contribution in [0.2, 0.25) is 0 Å². The summed E-state index contributed by atoms with van der Waals surface area (Å²) in [5.74, 6) is 0. The van der Waals surface area contributed by atoms with Crippen LogP contribution in [0.5, 0.6) is 0 Å². The van der Waals surface area contributed by atoms with Gasteiger partial charge in [0.05, 0.1) is 10.7 Å². The molecule has 1 aromatic rings. The molecule has 2 nitrogen and oxygen atoms in total. The first-order valence-electron chi connectivity index (χ1n) is 6.34. The standard InChI is InChI=1S/C13H22N2S2/c1-8-13(17-10(3)14-8)9(2)15-11-6-5-7-12(11)16-4/h9,11-12,15H,5-7H2,1-4H3. The van der Waals surface area contributed by atoms with Gasteiger partial charge in [-0.2, -0.15) is 11.8 Å². The van der Waals surface area contributed by atoms with Crippen molar-refractivity contribution in [3.63, 3.8) is 0 Å². The Morgan fingerprint density at radius 3 is 2.76 bits per heavy atom. The third-order valence-corrected chi connectivity index (χ3v) is 5.98. The average molecular weight is 270 g/mol. The van der Waals surface area contributed by atoms with E-state index < -0.39 is 0 Å². The molecule has 1 N–H and O–H groups in total. The molecule has 17 heavy (non-hydrogen) atoms.